The van der Waals surface area contributed by atoms with E-state index in [1.807, 2.05) is 12.1 Å². The SMILES string of the molecule is COc1ccc(C=CC(=O)Nc2cccc(-c3cnco3)c2)cc1O. The Balaban J connectivity index is 1.68. The number of phenolic OH excluding ortho intramolecular Hbond substituents is 1. The van der Waals surface area contributed by atoms with E-state index < -0.39 is 0 Å². The molecule has 0 spiro atoms. The normalized spacial score (nSPS) is 10.8. The summed E-state index contributed by atoms with van der Waals surface area (Å²) < 4.78 is 10.2. The molecule has 0 aliphatic carbocycles. The number of phenols is 1. The van der Waals surface area contributed by atoms with Crippen LogP contribution in [0.1, 0.15) is 5.56 Å². The molecule has 6 heteroatoms. The maximum Gasteiger partial charge on any atom is 0.248 e. The van der Waals surface area contributed by atoms with Gasteiger partial charge in [0.15, 0.2) is 23.7 Å². The van der Waals surface area contributed by atoms with E-state index in [9.17, 15) is 9.90 Å². The van der Waals surface area contributed by atoms with Gasteiger partial charge in [0.2, 0.25) is 5.91 Å². The lowest BCUT2D eigenvalue weighted by Crippen LogP contribution is -2.07. The predicted octanol–water partition coefficient (Wildman–Crippen LogP) is 3.71. The van der Waals surface area contributed by atoms with Crippen LogP contribution in [0.15, 0.2) is 65.5 Å². The number of methoxy groups -OCH3 is 1. The molecule has 0 aliphatic heterocycles. The van der Waals surface area contributed by atoms with Gasteiger partial charge in [-0.2, -0.15) is 0 Å². The van der Waals surface area contributed by atoms with Gasteiger partial charge in [0.05, 0.1) is 13.3 Å². The zero-order valence-electron chi connectivity index (χ0n) is 13.5. The molecule has 0 fully saturated rings. The number of rotatable bonds is 5. The molecule has 1 heterocycles. The van der Waals surface area contributed by atoms with Crippen molar-refractivity contribution in [1.82, 2.24) is 4.98 Å². The number of benzene rings is 2. The number of oxazole rings is 1. The average molecular weight is 336 g/mol. The number of carbonyl (C=O) groups excluding carboxylic acids is 1. The van der Waals surface area contributed by atoms with Crippen LogP contribution in [-0.4, -0.2) is 23.1 Å². The van der Waals surface area contributed by atoms with Crippen molar-refractivity contribution in [2.75, 3.05) is 12.4 Å². The van der Waals surface area contributed by atoms with Crippen molar-refractivity contribution >= 4 is 17.7 Å². The van der Waals surface area contributed by atoms with E-state index in [4.69, 9.17) is 9.15 Å². The fourth-order valence-electron chi connectivity index (χ4n) is 2.28. The van der Waals surface area contributed by atoms with Crippen molar-refractivity contribution in [3.63, 3.8) is 0 Å². The van der Waals surface area contributed by atoms with Crippen LogP contribution in [0.25, 0.3) is 17.4 Å². The lowest BCUT2D eigenvalue weighted by atomic mass is 10.1. The molecule has 6 nitrogen and oxygen atoms in total. The topological polar surface area (TPSA) is 84.6 Å². The fraction of sp³-hybridized carbons (Fsp3) is 0.0526. The van der Waals surface area contributed by atoms with Crippen LogP contribution in [0.3, 0.4) is 0 Å². The van der Waals surface area contributed by atoms with Crippen LogP contribution < -0.4 is 10.1 Å². The number of nitrogens with zero attached hydrogens (tertiary/aromatic N) is 1. The van der Waals surface area contributed by atoms with Gasteiger partial charge in [-0.15, -0.1) is 0 Å². The molecule has 0 unspecified atom stereocenters. The van der Waals surface area contributed by atoms with Crippen molar-refractivity contribution in [1.29, 1.82) is 0 Å². The Morgan fingerprint density at radius 1 is 1.28 bits per heavy atom. The first-order valence-electron chi connectivity index (χ1n) is 7.51. The number of aromatic hydroxyl groups is 1. The minimum absolute atomic E-state index is 0.0183. The maximum absolute atomic E-state index is 12.1. The molecule has 3 aromatic rings. The number of hydrogen-bond donors (Lipinski definition) is 2. The average Bonchev–Trinajstić information content (AvgIpc) is 3.15. The zero-order valence-corrected chi connectivity index (χ0v) is 13.5. The Morgan fingerprint density at radius 3 is 2.88 bits per heavy atom. The summed E-state index contributed by atoms with van der Waals surface area (Å²) in [6.45, 7) is 0. The number of ether oxygens (including phenoxy) is 1. The zero-order chi connectivity index (χ0) is 17.6. The number of nitrogens with one attached hydrogen (secondary N) is 1. The van der Waals surface area contributed by atoms with E-state index in [0.717, 1.165) is 5.56 Å². The number of anilines is 1. The monoisotopic (exact) mass is 336 g/mol. The summed E-state index contributed by atoms with van der Waals surface area (Å²) in [5.74, 6) is 0.737. The number of amides is 1. The third kappa shape index (κ3) is 4.06. The summed E-state index contributed by atoms with van der Waals surface area (Å²) in [5, 5.41) is 12.5. The van der Waals surface area contributed by atoms with Gasteiger partial charge < -0.3 is 19.6 Å². The molecule has 3 rings (SSSR count). The molecule has 0 saturated heterocycles. The molecular weight excluding hydrogens is 320 g/mol. The van der Waals surface area contributed by atoms with Crippen LogP contribution in [0.4, 0.5) is 5.69 Å². The summed E-state index contributed by atoms with van der Waals surface area (Å²) in [6, 6.07) is 12.2. The van der Waals surface area contributed by atoms with E-state index in [1.54, 1.807) is 36.5 Å². The first-order chi connectivity index (χ1) is 12.2. The van der Waals surface area contributed by atoms with Crippen molar-refractivity contribution in [2.45, 2.75) is 0 Å². The van der Waals surface area contributed by atoms with Gasteiger partial charge in [0, 0.05) is 17.3 Å². The van der Waals surface area contributed by atoms with Gasteiger partial charge in [-0.05, 0) is 35.9 Å². The van der Waals surface area contributed by atoms with Crippen molar-refractivity contribution in [2.24, 2.45) is 0 Å². The molecule has 0 saturated carbocycles. The molecule has 0 radical (unpaired) electrons. The van der Waals surface area contributed by atoms with Crippen LogP contribution in [0, 0.1) is 0 Å². The Kier molecular flexibility index (Phi) is 4.80. The first kappa shape index (κ1) is 16.3. The van der Waals surface area contributed by atoms with E-state index >= 15 is 0 Å². The Morgan fingerprint density at radius 2 is 2.16 bits per heavy atom. The van der Waals surface area contributed by atoms with E-state index in [2.05, 4.69) is 10.3 Å². The summed E-state index contributed by atoms with van der Waals surface area (Å²) in [4.78, 5) is 15.9. The largest absolute Gasteiger partial charge is 0.504 e. The number of carbonyl (C=O) groups is 1. The summed E-state index contributed by atoms with van der Waals surface area (Å²) in [7, 11) is 1.48. The second-order valence-corrected chi connectivity index (χ2v) is 5.20. The number of hydrogen-bond acceptors (Lipinski definition) is 5. The third-order valence-electron chi connectivity index (χ3n) is 3.48. The highest BCUT2D eigenvalue weighted by atomic mass is 16.5. The molecule has 1 amide bonds. The van der Waals surface area contributed by atoms with E-state index in [0.29, 0.717) is 22.8 Å². The molecule has 0 bridgehead atoms. The fourth-order valence-corrected chi connectivity index (χ4v) is 2.28. The summed E-state index contributed by atoms with van der Waals surface area (Å²) >= 11 is 0. The molecule has 25 heavy (non-hydrogen) atoms. The molecule has 2 N–H and O–H groups in total. The molecule has 2 aromatic carbocycles. The van der Waals surface area contributed by atoms with Crippen LogP contribution in [0.5, 0.6) is 11.5 Å². The highest BCUT2D eigenvalue weighted by Crippen LogP contribution is 2.26. The Hall–Kier alpha value is -3.54. The quantitative estimate of drug-likeness (QED) is 0.694. The lowest BCUT2D eigenvalue weighted by molar-refractivity contribution is -0.111. The predicted molar refractivity (Wildman–Crippen MR) is 94.3 cm³/mol. The highest BCUT2D eigenvalue weighted by Gasteiger charge is 2.04. The van der Waals surface area contributed by atoms with Crippen LogP contribution in [-0.2, 0) is 4.79 Å². The molecule has 0 aliphatic rings. The van der Waals surface area contributed by atoms with Gasteiger partial charge in [0.25, 0.3) is 0 Å². The van der Waals surface area contributed by atoms with Crippen LogP contribution in [0.2, 0.25) is 0 Å². The molecule has 0 atom stereocenters. The van der Waals surface area contributed by atoms with Gasteiger partial charge in [-0.1, -0.05) is 18.2 Å². The second kappa shape index (κ2) is 7.35. The highest BCUT2D eigenvalue weighted by molar-refractivity contribution is 6.02. The van der Waals surface area contributed by atoms with Gasteiger partial charge >= 0.3 is 0 Å². The van der Waals surface area contributed by atoms with Crippen molar-refractivity contribution < 1.29 is 19.1 Å². The summed E-state index contributed by atoms with van der Waals surface area (Å²) in [5.41, 5.74) is 2.14. The second-order valence-electron chi connectivity index (χ2n) is 5.20. The third-order valence-corrected chi connectivity index (χ3v) is 3.48. The van der Waals surface area contributed by atoms with Gasteiger partial charge in [-0.3, -0.25) is 4.79 Å². The van der Waals surface area contributed by atoms with Crippen LogP contribution >= 0.6 is 0 Å². The molecule has 126 valence electrons. The van der Waals surface area contributed by atoms with Crippen molar-refractivity contribution in [3.8, 4) is 22.8 Å². The van der Waals surface area contributed by atoms with E-state index in [-0.39, 0.29) is 11.7 Å². The number of aromatic nitrogens is 1. The van der Waals surface area contributed by atoms with Gasteiger partial charge in [-0.25, -0.2) is 4.98 Å². The summed E-state index contributed by atoms with van der Waals surface area (Å²) in [6.07, 6.45) is 5.96. The Bertz CT molecular complexity index is 902. The van der Waals surface area contributed by atoms with Crippen molar-refractivity contribution in [3.05, 3.63) is 66.7 Å². The standard InChI is InChI=1S/C19H16N2O4/c1-24-17-7-5-13(9-16(17)22)6-8-19(23)21-15-4-2-3-14(10-15)18-11-20-12-25-18/h2-12,22H,1H3,(H,21,23). The molecule has 1 aromatic heterocycles. The Labute approximate surface area is 144 Å². The molecular formula is C19H16N2O4. The first-order valence-corrected chi connectivity index (χ1v) is 7.51. The lowest BCUT2D eigenvalue weighted by Gasteiger charge is -2.05. The smallest absolute Gasteiger partial charge is 0.248 e. The van der Waals surface area contributed by atoms with E-state index in [1.165, 1.54) is 25.6 Å². The minimum Gasteiger partial charge on any atom is -0.504 e. The minimum atomic E-state index is -0.287. The maximum atomic E-state index is 12.1. The van der Waals surface area contributed by atoms with Gasteiger partial charge in [0.1, 0.15) is 0 Å².